The average molecular weight is 299 g/mol. The highest BCUT2D eigenvalue weighted by molar-refractivity contribution is 7.80. The first-order valence-corrected chi connectivity index (χ1v) is 7.31. The van der Waals surface area contributed by atoms with Crippen LogP contribution >= 0.6 is 12.2 Å². The lowest BCUT2D eigenvalue weighted by atomic mass is 9.78. The summed E-state index contributed by atoms with van der Waals surface area (Å²) in [7, 11) is 0. The molecular weight excluding hydrogens is 278 g/mol. The minimum atomic E-state index is -0.758. The molecule has 2 amide bonds. The van der Waals surface area contributed by atoms with Crippen molar-refractivity contribution in [1.29, 1.82) is 0 Å². The van der Waals surface area contributed by atoms with Crippen LogP contribution < -0.4 is 5.73 Å². The third-order valence-corrected chi connectivity index (χ3v) is 4.63. The minimum Gasteiger partial charge on any atom is -0.392 e. The Kier molecular flexibility index (Phi) is 4.59. The molecule has 6 nitrogen and oxygen atoms in total. The van der Waals surface area contributed by atoms with Gasteiger partial charge < -0.3 is 20.3 Å². The molecule has 20 heavy (non-hydrogen) atoms. The van der Waals surface area contributed by atoms with Crippen molar-refractivity contribution in [3.8, 4) is 0 Å². The molecule has 0 unspecified atom stereocenters. The third-order valence-electron chi connectivity index (χ3n) is 4.24. The summed E-state index contributed by atoms with van der Waals surface area (Å²) < 4.78 is 5.32. The van der Waals surface area contributed by atoms with Gasteiger partial charge in [-0.15, -0.1) is 0 Å². The zero-order valence-corrected chi connectivity index (χ0v) is 12.6. The second-order valence-corrected chi connectivity index (χ2v) is 5.80. The Morgan fingerprint density at radius 2 is 1.60 bits per heavy atom. The number of nitrogens with two attached hydrogens (primary N) is 1. The van der Waals surface area contributed by atoms with Crippen molar-refractivity contribution in [3.05, 3.63) is 0 Å². The summed E-state index contributed by atoms with van der Waals surface area (Å²) in [4.78, 5) is 27.9. The van der Waals surface area contributed by atoms with Crippen molar-refractivity contribution in [2.45, 2.75) is 19.8 Å². The van der Waals surface area contributed by atoms with E-state index >= 15 is 0 Å². The molecule has 2 fully saturated rings. The minimum absolute atomic E-state index is 0.00324. The van der Waals surface area contributed by atoms with Crippen LogP contribution in [0, 0.1) is 5.41 Å². The van der Waals surface area contributed by atoms with Gasteiger partial charge in [0.2, 0.25) is 11.8 Å². The molecule has 0 spiro atoms. The van der Waals surface area contributed by atoms with Crippen molar-refractivity contribution in [3.63, 3.8) is 0 Å². The zero-order valence-electron chi connectivity index (χ0n) is 11.8. The van der Waals surface area contributed by atoms with Gasteiger partial charge in [-0.05, 0) is 12.8 Å². The Morgan fingerprint density at radius 3 is 2.05 bits per heavy atom. The van der Waals surface area contributed by atoms with E-state index in [9.17, 15) is 9.59 Å². The second kappa shape index (κ2) is 6.05. The molecule has 0 aliphatic carbocycles. The fourth-order valence-corrected chi connectivity index (χ4v) is 3.10. The van der Waals surface area contributed by atoms with E-state index in [2.05, 4.69) is 0 Å². The molecule has 2 N–H and O–H groups in total. The van der Waals surface area contributed by atoms with Gasteiger partial charge in [-0.2, -0.15) is 0 Å². The Bertz CT molecular complexity index is 413. The van der Waals surface area contributed by atoms with E-state index < -0.39 is 5.41 Å². The number of ether oxygens (including phenoxy) is 1. The third kappa shape index (κ3) is 2.78. The predicted molar refractivity (Wildman–Crippen MR) is 78.1 cm³/mol. The standard InChI is InChI=1S/C13H21N3O3S/c1-10(17)15-4-6-16(7-5-15)12(18)13(11(14)20)2-8-19-9-3-13/h2-9H2,1H3,(H2,14,20). The molecule has 7 heteroatoms. The number of nitrogens with zero attached hydrogens (tertiary/aromatic N) is 2. The Hall–Kier alpha value is -1.21. The van der Waals surface area contributed by atoms with Crippen molar-refractivity contribution in [2.75, 3.05) is 39.4 Å². The lowest BCUT2D eigenvalue weighted by molar-refractivity contribution is -0.146. The molecule has 0 aromatic carbocycles. The van der Waals surface area contributed by atoms with Crippen molar-refractivity contribution in [2.24, 2.45) is 11.1 Å². The smallest absolute Gasteiger partial charge is 0.235 e. The lowest BCUT2D eigenvalue weighted by Gasteiger charge is -2.42. The molecule has 2 aliphatic rings. The van der Waals surface area contributed by atoms with Crippen molar-refractivity contribution < 1.29 is 14.3 Å². The SMILES string of the molecule is CC(=O)N1CCN(C(=O)C2(C(N)=S)CCOCC2)CC1. The van der Waals surface area contributed by atoms with E-state index in [1.165, 1.54) is 0 Å². The predicted octanol–water partition coefficient (Wildman–Crippen LogP) is -0.240. The van der Waals surface area contributed by atoms with Gasteiger partial charge in [0.05, 0.1) is 4.99 Å². The molecular formula is C13H21N3O3S. The Labute approximate surface area is 124 Å². The quantitative estimate of drug-likeness (QED) is 0.712. The monoisotopic (exact) mass is 299 g/mol. The number of rotatable bonds is 2. The molecule has 0 atom stereocenters. The number of amides is 2. The number of carbonyl (C=O) groups excluding carboxylic acids is 2. The topological polar surface area (TPSA) is 75.9 Å². The van der Waals surface area contributed by atoms with Crippen LogP contribution in [0.2, 0.25) is 0 Å². The highest BCUT2D eigenvalue weighted by atomic mass is 32.1. The molecule has 2 heterocycles. The zero-order chi connectivity index (χ0) is 14.8. The lowest BCUT2D eigenvalue weighted by Crippen LogP contribution is -2.58. The van der Waals surface area contributed by atoms with Crippen molar-refractivity contribution >= 4 is 29.0 Å². The van der Waals surface area contributed by atoms with E-state index in [4.69, 9.17) is 22.7 Å². The van der Waals surface area contributed by atoms with Crippen molar-refractivity contribution in [1.82, 2.24) is 9.80 Å². The normalized spacial score (nSPS) is 22.4. The maximum Gasteiger partial charge on any atom is 0.235 e. The number of thiocarbonyl (C=S) groups is 1. The van der Waals surface area contributed by atoms with E-state index in [1.807, 2.05) is 0 Å². The van der Waals surface area contributed by atoms with Crippen LogP contribution in [0.15, 0.2) is 0 Å². The van der Waals surface area contributed by atoms with Gasteiger partial charge in [0.1, 0.15) is 5.41 Å². The van der Waals surface area contributed by atoms with Gasteiger partial charge in [-0.3, -0.25) is 9.59 Å². The van der Waals surface area contributed by atoms with Crippen LogP contribution in [-0.2, 0) is 14.3 Å². The fourth-order valence-electron chi connectivity index (χ4n) is 2.81. The Morgan fingerprint density at radius 1 is 1.10 bits per heavy atom. The maximum atomic E-state index is 12.8. The summed E-state index contributed by atoms with van der Waals surface area (Å²) in [6.07, 6.45) is 1.10. The van der Waals surface area contributed by atoms with Gasteiger partial charge in [0.25, 0.3) is 0 Å². The number of hydrogen-bond acceptors (Lipinski definition) is 4. The summed E-state index contributed by atoms with van der Waals surface area (Å²) >= 11 is 5.15. The van der Waals surface area contributed by atoms with Gasteiger partial charge in [0, 0.05) is 46.3 Å². The highest BCUT2D eigenvalue weighted by Crippen LogP contribution is 2.33. The van der Waals surface area contributed by atoms with Gasteiger partial charge in [-0.25, -0.2) is 0 Å². The van der Waals surface area contributed by atoms with Gasteiger partial charge >= 0.3 is 0 Å². The van der Waals surface area contributed by atoms with Crippen LogP contribution in [0.4, 0.5) is 0 Å². The molecule has 2 saturated heterocycles. The van der Waals surface area contributed by atoms with E-state index in [1.54, 1.807) is 16.7 Å². The maximum absolute atomic E-state index is 12.8. The number of hydrogen-bond donors (Lipinski definition) is 1. The molecule has 0 radical (unpaired) electrons. The summed E-state index contributed by atoms with van der Waals surface area (Å²) in [5.41, 5.74) is 5.09. The molecule has 0 bridgehead atoms. The molecule has 2 aliphatic heterocycles. The summed E-state index contributed by atoms with van der Waals surface area (Å²) in [6.45, 7) is 4.81. The number of piperazine rings is 1. The average Bonchev–Trinajstić information content (AvgIpc) is 2.47. The van der Waals surface area contributed by atoms with Gasteiger partial charge in [-0.1, -0.05) is 12.2 Å². The molecule has 2 rings (SSSR count). The van der Waals surface area contributed by atoms with Gasteiger partial charge in [0.15, 0.2) is 0 Å². The van der Waals surface area contributed by atoms with Crippen LogP contribution in [0.25, 0.3) is 0 Å². The molecule has 0 saturated carbocycles. The van der Waals surface area contributed by atoms with Crippen LogP contribution in [0.3, 0.4) is 0 Å². The second-order valence-electron chi connectivity index (χ2n) is 5.36. The van der Waals surface area contributed by atoms with Crippen LogP contribution in [0.1, 0.15) is 19.8 Å². The molecule has 112 valence electrons. The first kappa shape index (κ1) is 15.2. The summed E-state index contributed by atoms with van der Waals surface area (Å²) in [5.74, 6) is 0.0451. The molecule has 0 aromatic rings. The van der Waals surface area contributed by atoms with E-state index in [0.29, 0.717) is 52.2 Å². The summed E-state index contributed by atoms with van der Waals surface area (Å²) in [5, 5.41) is 0. The fraction of sp³-hybridized carbons (Fsp3) is 0.769. The van der Waals surface area contributed by atoms with E-state index in [0.717, 1.165) is 0 Å². The first-order valence-electron chi connectivity index (χ1n) is 6.90. The number of carbonyl (C=O) groups is 2. The molecule has 0 aromatic heterocycles. The van der Waals surface area contributed by atoms with Crippen LogP contribution in [0.5, 0.6) is 0 Å². The first-order chi connectivity index (χ1) is 9.47. The van der Waals surface area contributed by atoms with Crippen LogP contribution in [-0.4, -0.2) is 66.0 Å². The summed E-state index contributed by atoms with van der Waals surface area (Å²) in [6, 6.07) is 0. The highest BCUT2D eigenvalue weighted by Gasteiger charge is 2.45. The van der Waals surface area contributed by atoms with E-state index in [-0.39, 0.29) is 16.8 Å². The Balaban J connectivity index is 2.06. The largest absolute Gasteiger partial charge is 0.392 e.